The van der Waals surface area contributed by atoms with Gasteiger partial charge in [0.15, 0.2) is 0 Å². The zero-order valence-corrected chi connectivity index (χ0v) is 15.7. The normalized spacial score (nSPS) is 11.4. The number of rotatable bonds is 8. The van der Waals surface area contributed by atoms with Crippen LogP contribution in [0, 0.1) is 5.82 Å². The molecule has 5 heteroatoms. The lowest BCUT2D eigenvalue weighted by atomic mass is 10.1. The Morgan fingerprint density at radius 3 is 2.75 bits per heavy atom. The van der Waals surface area contributed by atoms with Crippen molar-refractivity contribution in [2.24, 2.45) is 0 Å². The van der Waals surface area contributed by atoms with Crippen molar-refractivity contribution in [2.45, 2.75) is 26.1 Å². The van der Waals surface area contributed by atoms with Crippen LogP contribution < -0.4 is 0 Å². The molecule has 2 aromatic heterocycles. The predicted molar refractivity (Wildman–Crippen MR) is 109 cm³/mol. The van der Waals surface area contributed by atoms with Gasteiger partial charge in [0, 0.05) is 44.0 Å². The van der Waals surface area contributed by atoms with Crippen LogP contribution in [0.3, 0.4) is 0 Å². The number of nitrogens with zero attached hydrogens (tertiary/aromatic N) is 4. The van der Waals surface area contributed by atoms with Crippen molar-refractivity contribution >= 4 is 10.9 Å². The van der Waals surface area contributed by atoms with Gasteiger partial charge >= 0.3 is 0 Å². The highest BCUT2D eigenvalue weighted by atomic mass is 19.1. The number of fused-ring (bicyclic) bond motifs is 1. The van der Waals surface area contributed by atoms with Crippen LogP contribution in [0.2, 0.25) is 0 Å². The average Bonchev–Trinajstić information content (AvgIpc) is 3.21. The lowest BCUT2D eigenvalue weighted by Crippen LogP contribution is -2.25. The molecule has 0 unspecified atom stereocenters. The van der Waals surface area contributed by atoms with Gasteiger partial charge in [0.2, 0.25) is 0 Å². The van der Waals surface area contributed by atoms with Gasteiger partial charge in [-0.05, 0) is 36.2 Å². The molecular weight excluding hydrogens is 351 g/mol. The standard InChI is InChI=1S/C23H23FN4/c24-21-7-3-5-19(15-21)16-28(13-4-12-27-14-11-25-18-27)17-22-10-9-20-6-1-2-8-23(20)26-22/h1-3,5-11,14-15,18H,4,12-13,16-17H2. The second-order valence-corrected chi connectivity index (χ2v) is 6.99. The summed E-state index contributed by atoms with van der Waals surface area (Å²) in [6.45, 7) is 3.22. The summed E-state index contributed by atoms with van der Waals surface area (Å²) >= 11 is 0. The Hall–Kier alpha value is -3.05. The fourth-order valence-electron chi connectivity index (χ4n) is 3.43. The summed E-state index contributed by atoms with van der Waals surface area (Å²) < 4.78 is 15.7. The SMILES string of the molecule is Fc1cccc(CN(CCCn2ccnc2)Cc2ccc3ccccc3n2)c1. The zero-order chi connectivity index (χ0) is 19.2. The Bertz CT molecular complexity index is 1030. The van der Waals surface area contributed by atoms with Crippen molar-refractivity contribution in [3.05, 3.63) is 96.5 Å². The maximum Gasteiger partial charge on any atom is 0.123 e. The zero-order valence-electron chi connectivity index (χ0n) is 15.7. The molecule has 0 aliphatic heterocycles. The Balaban J connectivity index is 1.48. The molecule has 2 aromatic carbocycles. The topological polar surface area (TPSA) is 34.0 Å². The fourth-order valence-corrected chi connectivity index (χ4v) is 3.43. The van der Waals surface area contributed by atoms with Gasteiger partial charge in [0.05, 0.1) is 17.5 Å². The van der Waals surface area contributed by atoms with Gasteiger partial charge in [-0.3, -0.25) is 9.88 Å². The molecule has 0 N–H and O–H groups in total. The Morgan fingerprint density at radius 2 is 1.89 bits per heavy atom. The maximum atomic E-state index is 13.6. The van der Waals surface area contributed by atoms with E-state index in [0.717, 1.165) is 48.2 Å². The van der Waals surface area contributed by atoms with E-state index in [4.69, 9.17) is 4.98 Å². The quantitative estimate of drug-likeness (QED) is 0.450. The van der Waals surface area contributed by atoms with Gasteiger partial charge in [-0.1, -0.05) is 36.4 Å². The summed E-state index contributed by atoms with van der Waals surface area (Å²) in [5.41, 5.74) is 3.00. The molecule has 0 saturated carbocycles. The van der Waals surface area contributed by atoms with Crippen LogP contribution in [0.15, 0.2) is 79.4 Å². The lowest BCUT2D eigenvalue weighted by Gasteiger charge is -2.22. The summed E-state index contributed by atoms with van der Waals surface area (Å²) in [5.74, 6) is -0.195. The lowest BCUT2D eigenvalue weighted by molar-refractivity contribution is 0.245. The predicted octanol–water partition coefficient (Wildman–Crippen LogP) is 4.66. The number of aryl methyl sites for hydroxylation is 1. The number of hydrogen-bond acceptors (Lipinski definition) is 3. The van der Waals surface area contributed by atoms with E-state index in [0.29, 0.717) is 6.54 Å². The summed E-state index contributed by atoms with van der Waals surface area (Å²) in [6.07, 6.45) is 6.59. The first-order valence-corrected chi connectivity index (χ1v) is 9.53. The largest absolute Gasteiger partial charge is 0.337 e. The van der Waals surface area contributed by atoms with Crippen LogP contribution in [0.4, 0.5) is 4.39 Å². The van der Waals surface area contributed by atoms with Crippen LogP contribution in [-0.4, -0.2) is 26.0 Å². The highest BCUT2D eigenvalue weighted by Gasteiger charge is 2.10. The van der Waals surface area contributed by atoms with E-state index in [1.807, 2.05) is 36.8 Å². The van der Waals surface area contributed by atoms with E-state index in [-0.39, 0.29) is 5.82 Å². The van der Waals surface area contributed by atoms with E-state index < -0.39 is 0 Å². The first-order valence-electron chi connectivity index (χ1n) is 9.53. The van der Waals surface area contributed by atoms with Gasteiger partial charge in [-0.15, -0.1) is 0 Å². The number of aromatic nitrogens is 3. The highest BCUT2D eigenvalue weighted by molar-refractivity contribution is 5.78. The molecule has 0 bridgehead atoms. The number of benzene rings is 2. The van der Waals surface area contributed by atoms with Gasteiger partial charge in [0.25, 0.3) is 0 Å². The first-order chi connectivity index (χ1) is 13.8. The van der Waals surface area contributed by atoms with Crippen molar-refractivity contribution in [3.63, 3.8) is 0 Å². The van der Waals surface area contributed by atoms with E-state index in [2.05, 4.69) is 32.7 Å². The third-order valence-electron chi connectivity index (χ3n) is 4.79. The van der Waals surface area contributed by atoms with Gasteiger partial charge in [-0.2, -0.15) is 0 Å². The van der Waals surface area contributed by atoms with Crippen molar-refractivity contribution in [1.82, 2.24) is 19.4 Å². The number of halogens is 1. The summed E-state index contributed by atoms with van der Waals surface area (Å²) in [4.78, 5) is 11.2. The molecule has 0 aliphatic rings. The van der Waals surface area contributed by atoms with Gasteiger partial charge in [-0.25, -0.2) is 9.37 Å². The minimum atomic E-state index is -0.195. The minimum absolute atomic E-state index is 0.195. The fraction of sp³-hybridized carbons (Fsp3) is 0.217. The molecule has 142 valence electrons. The molecule has 28 heavy (non-hydrogen) atoms. The molecule has 4 aromatic rings. The number of pyridine rings is 1. The number of imidazole rings is 1. The molecule has 0 saturated heterocycles. The molecule has 0 aliphatic carbocycles. The van der Waals surface area contributed by atoms with E-state index in [1.165, 1.54) is 6.07 Å². The molecule has 0 radical (unpaired) electrons. The number of hydrogen-bond donors (Lipinski definition) is 0. The Labute approximate surface area is 164 Å². The van der Waals surface area contributed by atoms with Crippen LogP contribution >= 0.6 is 0 Å². The summed E-state index contributed by atoms with van der Waals surface area (Å²) in [5, 5.41) is 1.14. The second kappa shape index (κ2) is 8.76. The Kier molecular flexibility index (Phi) is 5.73. The molecular formula is C23H23FN4. The summed E-state index contributed by atoms with van der Waals surface area (Å²) in [6, 6.07) is 19.2. The molecule has 4 rings (SSSR count). The molecule has 0 amide bonds. The van der Waals surface area contributed by atoms with Crippen LogP contribution in [0.1, 0.15) is 17.7 Å². The van der Waals surface area contributed by atoms with Crippen molar-refractivity contribution in [2.75, 3.05) is 6.54 Å². The molecule has 0 spiro atoms. The highest BCUT2D eigenvalue weighted by Crippen LogP contribution is 2.15. The smallest absolute Gasteiger partial charge is 0.123 e. The first kappa shape index (κ1) is 18.3. The molecule has 0 fully saturated rings. The van der Waals surface area contributed by atoms with E-state index >= 15 is 0 Å². The van der Waals surface area contributed by atoms with Crippen LogP contribution in [-0.2, 0) is 19.6 Å². The van der Waals surface area contributed by atoms with E-state index in [9.17, 15) is 4.39 Å². The van der Waals surface area contributed by atoms with Crippen LogP contribution in [0.5, 0.6) is 0 Å². The monoisotopic (exact) mass is 374 g/mol. The second-order valence-electron chi connectivity index (χ2n) is 6.99. The van der Waals surface area contributed by atoms with Crippen molar-refractivity contribution in [1.29, 1.82) is 0 Å². The van der Waals surface area contributed by atoms with Crippen molar-refractivity contribution in [3.8, 4) is 0 Å². The maximum absolute atomic E-state index is 13.6. The summed E-state index contributed by atoms with van der Waals surface area (Å²) in [7, 11) is 0. The van der Waals surface area contributed by atoms with Gasteiger partial charge in [0.1, 0.15) is 5.82 Å². The third-order valence-corrected chi connectivity index (χ3v) is 4.79. The average molecular weight is 374 g/mol. The molecule has 0 atom stereocenters. The van der Waals surface area contributed by atoms with Crippen LogP contribution in [0.25, 0.3) is 10.9 Å². The third kappa shape index (κ3) is 4.81. The minimum Gasteiger partial charge on any atom is -0.337 e. The van der Waals surface area contributed by atoms with E-state index in [1.54, 1.807) is 18.3 Å². The van der Waals surface area contributed by atoms with Crippen molar-refractivity contribution < 1.29 is 4.39 Å². The molecule has 4 nitrogen and oxygen atoms in total. The molecule has 2 heterocycles. The van der Waals surface area contributed by atoms with Gasteiger partial charge < -0.3 is 4.57 Å². The Morgan fingerprint density at radius 1 is 0.964 bits per heavy atom. The number of para-hydroxylation sites is 1.